The van der Waals surface area contributed by atoms with E-state index in [9.17, 15) is 0 Å². The van der Waals surface area contributed by atoms with Gasteiger partial charge in [0.1, 0.15) is 0 Å². The third-order valence-corrected chi connectivity index (χ3v) is 8.96. The molecule has 0 aromatic heterocycles. The van der Waals surface area contributed by atoms with E-state index in [0.29, 0.717) is 0 Å². The second-order valence-corrected chi connectivity index (χ2v) is 9.87. The van der Waals surface area contributed by atoms with Gasteiger partial charge in [-0.2, -0.15) is 0 Å². The van der Waals surface area contributed by atoms with Crippen LogP contribution in [0.25, 0.3) is 0 Å². The van der Waals surface area contributed by atoms with E-state index in [1.165, 1.54) is 13.1 Å². The van der Waals surface area contributed by atoms with Crippen LogP contribution in [0.5, 0.6) is 0 Å². The van der Waals surface area contributed by atoms with E-state index in [1.54, 1.807) is 0 Å². The van der Waals surface area contributed by atoms with Crippen molar-refractivity contribution in [1.29, 1.82) is 0 Å². The maximum absolute atomic E-state index is 5.45. The van der Waals surface area contributed by atoms with Gasteiger partial charge in [-0.05, 0) is 0 Å². The van der Waals surface area contributed by atoms with Crippen molar-refractivity contribution in [2.45, 2.75) is 13.1 Å². The minimum atomic E-state index is -1.01. The van der Waals surface area contributed by atoms with Crippen molar-refractivity contribution >= 4 is 20.2 Å². The van der Waals surface area contributed by atoms with Crippen LogP contribution in [0.1, 0.15) is 0 Å². The third-order valence-electron chi connectivity index (χ3n) is 1.34. The van der Waals surface area contributed by atoms with Crippen molar-refractivity contribution in [2.75, 3.05) is 19.6 Å². The van der Waals surface area contributed by atoms with Gasteiger partial charge in [-0.3, -0.25) is 0 Å². The van der Waals surface area contributed by atoms with Gasteiger partial charge in [0.2, 0.25) is 0 Å². The second kappa shape index (κ2) is 7.80. The Morgan fingerprint density at radius 1 is 0.700 bits per heavy atom. The fourth-order valence-electron chi connectivity index (χ4n) is 0.883. The van der Waals surface area contributed by atoms with Gasteiger partial charge >= 0.3 is 70.1 Å². The summed E-state index contributed by atoms with van der Waals surface area (Å²) in [6, 6.07) is 0. The van der Waals surface area contributed by atoms with Gasteiger partial charge in [-0.25, -0.2) is 0 Å². The molecule has 3 nitrogen and oxygen atoms in total. The van der Waals surface area contributed by atoms with Gasteiger partial charge in [0.25, 0.3) is 0 Å². The van der Waals surface area contributed by atoms with Gasteiger partial charge in [0, 0.05) is 0 Å². The summed E-state index contributed by atoms with van der Waals surface area (Å²) in [4.78, 5) is 0. The zero-order valence-electron chi connectivity index (χ0n) is 6.42. The summed E-state index contributed by atoms with van der Waals surface area (Å²) >= 11 is -1.01. The van der Waals surface area contributed by atoms with Gasteiger partial charge < -0.3 is 0 Å². The molecule has 0 rings (SSSR count). The first-order chi connectivity index (χ1) is 4.85. The summed E-state index contributed by atoms with van der Waals surface area (Å²) in [7, 11) is 0. The van der Waals surface area contributed by atoms with E-state index in [1.807, 2.05) is 0 Å². The summed E-state index contributed by atoms with van der Waals surface area (Å²) in [6.07, 6.45) is 0. The van der Waals surface area contributed by atoms with E-state index in [-0.39, 0.29) is 0 Å². The molecule has 0 unspecified atom stereocenters. The molecule has 0 radical (unpaired) electrons. The van der Waals surface area contributed by atoms with E-state index in [4.69, 9.17) is 17.2 Å². The Bertz CT molecular complexity index is 55.7. The standard InChI is InChI=1S/3C2H6N.Sb/c3*1-2-3;/h3*1-3H2;. The molecule has 6 N–H and O–H groups in total. The Labute approximate surface area is 70.3 Å². The van der Waals surface area contributed by atoms with Crippen molar-refractivity contribution in [1.82, 2.24) is 0 Å². The Kier molecular flexibility index (Phi) is 8.35. The topological polar surface area (TPSA) is 78.1 Å². The number of nitrogens with two attached hydrogens (primary N) is 3. The molecular formula is C6H18N3Sb. The monoisotopic (exact) mass is 253 g/mol. The van der Waals surface area contributed by atoms with Crippen LogP contribution < -0.4 is 17.2 Å². The second-order valence-electron chi connectivity index (χ2n) is 2.21. The molecule has 0 aliphatic carbocycles. The number of hydrogen-bond donors (Lipinski definition) is 3. The van der Waals surface area contributed by atoms with E-state index in [2.05, 4.69) is 0 Å². The summed E-state index contributed by atoms with van der Waals surface area (Å²) in [5.41, 5.74) is 16.4. The average Bonchev–Trinajstić information content (AvgIpc) is 1.90. The first kappa shape index (κ1) is 10.7. The van der Waals surface area contributed by atoms with Crippen molar-refractivity contribution < 1.29 is 0 Å². The van der Waals surface area contributed by atoms with Gasteiger partial charge in [0.05, 0.1) is 0 Å². The van der Waals surface area contributed by atoms with Crippen molar-refractivity contribution in [3.63, 3.8) is 0 Å². The van der Waals surface area contributed by atoms with E-state index >= 15 is 0 Å². The normalized spacial score (nSPS) is 10.8. The molecule has 62 valence electrons. The van der Waals surface area contributed by atoms with Crippen LogP contribution in [-0.2, 0) is 0 Å². The summed E-state index contributed by atoms with van der Waals surface area (Å²) < 4.78 is 3.74. The van der Waals surface area contributed by atoms with Crippen molar-refractivity contribution in [2.24, 2.45) is 17.2 Å². The summed E-state index contributed by atoms with van der Waals surface area (Å²) in [5.74, 6) is 0. The molecule has 0 fully saturated rings. The summed E-state index contributed by atoms with van der Waals surface area (Å²) in [5, 5.41) is 0. The van der Waals surface area contributed by atoms with Crippen molar-refractivity contribution in [3.8, 4) is 0 Å². The van der Waals surface area contributed by atoms with Crippen LogP contribution in [-0.4, -0.2) is 39.8 Å². The maximum atomic E-state index is 5.45. The molecule has 0 aliphatic rings. The molecule has 10 heavy (non-hydrogen) atoms. The predicted octanol–water partition coefficient (Wildman–Crippen LogP) is -0.643. The number of hydrogen-bond acceptors (Lipinski definition) is 3. The molecule has 0 saturated carbocycles. The van der Waals surface area contributed by atoms with E-state index in [0.717, 1.165) is 19.6 Å². The fourth-order valence-corrected chi connectivity index (χ4v) is 5.92. The van der Waals surface area contributed by atoms with E-state index < -0.39 is 20.2 Å². The Balaban J connectivity index is 3.30. The Morgan fingerprint density at radius 3 is 1.20 bits per heavy atom. The van der Waals surface area contributed by atoms with Gasteiger partial charge in [-0.15, -0.1) is 0 Å². The Morgan fingerprint density at radius 2 is 1.00 bits per heavy atom. The third kappa shape index (κ3) is 5.48. The van der Waals surface area contributed by atoms with Crippen LogP contribution in [0.2, 0.25) is 13.1 Å². The molecule has 0 spiro atoms. The van der Waals surface area contributed by atoms with Crippen LogP contribution in [0.15, 0.2) is 0 Å². The molecule has 0 bridgehead atoms. The zero-order chi connectivity index (χ0) is 7.82. The van der Waals surface area contributed by atoms with Gasteiger partial charge in [-0.1, -0.05) is 0 Å². The number of rotatable bonds is 6. The molecular weight excluding hydrogens is 236 g/mol. The summed E-state index contributed by atoms with van der Waals surface area (Å²) in [6.45, 7) is 2.51. The zero-order valence-corrected chi connectivity index (χ0v) is 8.97. The molecule has 0 amide bonds. The molecule has 0 heterocycles. The van der Waals surface area contributed by atoms with Crippen LogP contribution >= 0.6 is 0 Å². The SMILES string of the molecule is NC[CH2][Sb]([CH2]CN)[CH2]CN. The molecule has 0 aliphatic heterocycles. The molecule has 4 heteroatoms. The molecule has 0 atom stereocenters. The first-order valence-corrected chi connectivity index (χ1v) is 9.09. The van der Waals surface area contributed by atoms with Crippen LogP contribution in [0, 0.1) is 0 Å². The molecule has 0 saturated heterocycles. The molecule has 0 aromatic rings. The fraction of sp³-hybridized carbons (Fsp3) is 1.00. The van der Waals surface area contributed by atoms with Crippen LogP contribution in [0.4, 0.5) is 0 Å². The molecule has 0 aromatic carbocycles. The quantitative estimate of drug-likeness (QED) is 0.551. The van der Waals surface area contributed by atoms with Crippen LogP contribution in [0.3, 0.4) is 0 Å². The first-order valence-electron chi connectivity index (χ1n) is 3.67. The van der Waals surface area contributed by atoms with Gasteiger partial charge in [0.15, 0.2) is 0 Å². The van der Waals surface area contributed by atoms with Crippen molar-refractivity contribution in [3.05, 3.63) is 0 Å². The Hall–Kier alpha value is 0.698. The average molecular weight is 254 g/mol. The minimum absolute atomic E-state index is 0.836. The predicted molar refractivity (Wildman–Crippen MR) is 47.3 cm³/mol.